The summed E-state index contributed by atoms with van der Waals surface area (Å²) in [4.78, 5) is 34.1. The lowest BCUT2D eigenvalue weighted by Gasteiger charge is -2.18. The van der Waals surface area contributed by atoms with Gasteiger partial charge in [0.05, 0.1) is 46.0 Å². The Labute approximate surface area is 262 Å². The van der Waals surface area contributed by atoms with Crippen molar-refractivity contribution in [3.8, 4) is 5.75 Å². The number of fused-ring (bicyclic) bond motifs is 1. The quantitative estimate of drug-likeness (QED) is 0.206. The summed E-state index contributed by atoms with van der Waals surface area (Å²) in [7, 11) is 1.80. The molecule has 4 aromatic rings. The number of halogens is 5. The van der Waals surface area contributed by atoms with Gasteiger partial charge in [-0.2, -0.15) is 13.2 Å². The molecule has 8 nitrogen and oxygen atoms in total. The first-order valence-corrected chi connectivity index (χ1v) is 14.5. The molecule has 0 atom stereocenters. The van der Waals surface area contributed by atoms with E-state index in [4.69, 9.17) is 32.9 Å². The Morgan fingerprint density at radius 2 is 1.77 bits per heavy atom. The minimum Gasteiger partial charge on any atom is -0.493 e. The number of hydrogen-bond donors (Lipinski definition) is 2. The molecular formula is C31H32Cl2F3N5O3. The third kappa shape index (κ3) is 7.27. The summed E-state index contributed by atoms with van der Waals surface area (Å²) < 4.78 is 47.8. The van der Waals surface area contributed by atoms with Gasteiger partial charge in [0.15, 0.2) is 0 Å². The molecule has 0 fully saturated rings. The van der Waals surface area contributed by atoms with Gasteiger partial charge < -0.3 is 19.9 Å². The van der Waals surface area contributed by atoms with Gasteiger partial charge in [-0.25, -0.2) is 4.98 Å². The summed E-state index contributed by atoms with van der Waals surface area (Å²) in [6.45, 7) is 7.25. The summed E-state index contributed by atoms with van der Waals surface area (Å²) in [5.41, 5.74) is 0.760. The number of aromatic nitrogens is 3. The number of alkyl halides is 3. The lowest BCUT2D eigenvalue weighted by molar-refractivity contribution is -0.138. The van der Waals surface area contributed by atoms with Crippen LogP contribution in [0, 0.1) is 5.41 Å². The third-order valence-corrected chi connectivity index (χ3v) is 7.78. The van der Waals surface area contributed by atoms with Crippen LogP contribution in [-0.4, -0.2) is 33.0 Å². The molecule has 4 rings (SSSR count). The molecule has 2 amide bonds. The Morgan fingerprint density at radius 3 is 2.43 bits per heavy atom. The average molecular weight is 651 g/mol. The van der Waals surface area contributed by atoms with Crippen LogP contribution >= 0.6 is 23.2 Å². The van der Waals surface area contributed by atoms with Crippen molar-refractivity contribution < 1.29 is 27.5 Å². The molecule has 0 aliphatic heterocycles. The third-order valence-electron chi connectivity index (χ3n) is 6.95. The molecule has 13 heteroatoms. The first kappa shape index (κ1) is 33.1. The number of nitrogens with one attached hydrogen (secondary N) is 2. The molecule has 0 saturated heterocycles. The average Bonchev–Trinajstić information content (AvgIpc) is 3.26. The van der Waals surface area contributed by atoms with Gasteiger partial charge >= 0.3 is 6.18 Å². The van der Waals surface area contributed by atoms with E-state index >= 15 is 0 Å². The van der Waals surface area contributed by atoms with E-state index in [0.29, 0.717) is 38.0 Å². The summed E-state index contributed by atoms with van der Waals surface area (Å²) in [5.74, 6) is 0.0726. The van der Waals surface area contributed by atoms with Gasteiger partial charge in [0.2, 0.25) is 5.91 Å². The standard InChI is InChI=1S/C31H32Cl2F3N5O3/c1-6-44-25-14-24-22(12-19(25)28(42)38-16-23-20(31(34,35)36)8-7-11-37-23)40-26(41(24)5)13-18-21(32)10-9-17(27(18)33)15-39-29(43)30(2,3)4/h7-12,14H,6,13,15-16H2,1-5H3,(H,38,42)(H,39,43). The number of hydrogen-bond acceptors (Lipinski definition) is 5. The van der Waals surface area contributed by atoms with Crippen LogP contribution in [0.25, 0.3) is 11.0 Å². The first-order chi connectivity index (χ1) is 20.6. The maximum atomic E-state index is 13.4. The highest BCUT2D eigenvalue weighted by Gasteiger charge is 2.34. The number of rotatable bonds is 9. The van der Waals surface area contributed by atoms with Crippen molar-refractivity contribution in [2.75, 3.05) is 6.61 Å². The second-order valence-electron chi connectivity index (χ2n) is 11.1. The van der Waals surface area contributed by atoms with Gasteiger partial charge in [-0.1, -0.05) is 50.0 Å². The van der Waals surface area contributed by atoms with Gasteiger partial charge in [0, 0.05) is 42.7 Å². The number of ether oxygens (including phenoxy) is 1. The van der Waals surface area contributed by atoms with E-state index < -0.39 is 29.6 Å². The van der Waals surface area contributed by atoms with Crippen molar-refractivity contribution in [2.45, 2.75) is 53.4 Å². The largest absolute Gasteiger partial charge is 0.493 e. The molecule has 0 aliphatic carbocycles. The molecule has 0 bridgehead atoms. The maximum Gasteiger partial charge on any atom is 0.418 e. The van der Waals surface area contributed by atoms with Crippen LogP contribution < -0.4 is 15.4 Å². The normalized spacial score (nSPS) is 12.0. The molecule has 44 heavy (non-hydrogen) atoms. The Balaban J connectivity index is 1.63. The SMILES string of the molecule is CCOc1cc2c(cc1C(=O)NCc1ncccc1C(F)(F)F)nc(Cc1c(Cl)ccc(CNC(=O)C(C)(C)C)c1Cl)n2C. The predicted molar refractivity (Wildman–Crippen MR) is 163 cm³/mol. The topological polar surface area (TPSA) is 98.1 Å². The van der Waals surface area contributed by atoms with Crippen LogP contribution in [0.4, 0.5) is 13.2 Å². The van der Waals surface area contributed by atoms with Crippen LogP contribution in [0.1, 0.15) is 66.3 Å². The maximum absolute atomic E-state index is 13.4. The molecule has 0 unspecified atom stereocenters. The number of nitrogens with zero attached hydrogens (tertiary/aromatic N) is 3. The molecule has 0 radical (unpaired) electrons. The van der Waals surface area contributed by atoms with E-state index in [-0.39, 0.29) is 42.5 Å². The number of benzene rings is 2. The molecule has 234 valence electrons. The van der Waals surface area contributed by atoms with E-state index in [1.54, 1.807) is 32.2 Å². The Bertz CT molecular complexity index is 1710. The van der Waals surface area contributed by atoms with E-state index in [0.717, 1.165) is 6.07 Å². The monoisotopic (exact) mass is 649 g/mol. The highest BCUT2D eigenvalue weighted by molar-refractivity contribution is 6.36. The highest BCUT2D eigenvalue weighted by atomic mass is 35.5. The van der Waals surface area contributed by atoms with Gasteiger partial charge in [-0.05, 0) is 42.3 Å². The van der Waals surface area contributed by atoms with Crippen molar-refractivity contribution in [1.29, 1.82) is 0 Å². The fourth-order valence-electron chi connectivity index (χ4n) is 4.52. The second-order valence-corrected chi connectivity index (χ2v) is 11.9. The first-order valence-electron chi connectivity index (χ1n) is 13.8. The van der Waals surface area contributed by atoms with Gasteiger partial charge in [0.25, 0.3) is 5.91 Å². The van der Waals surface area contributed by atoms with E-state index in [2.05, 4.69) is 15.6 Å². The van der Waals surface area contributed by atoms with Crippen LogP contribution in [0.2, 0.25) is 10.0 Å². The lowest BCUT2D eigenvalue weighted by Crippen LogP contribution is -2.34. The molecule has 0 aliphatic rings. The smallest absolute Gasteiger partial charge is 0.418 e. The zero-order chi connectivity index (χ0) is 32.4. The molecule has 2 aromatic heterocycles. The zero-order valence-electron chi connectivity index (χ0n) is 24.8. The number of pyridine rings is 1. The summed E-state index contributed by atoms with van der Waals surface area (Å²) in [5, 5.41) is 6.24. The number of carbonyl (C=O) groups excluding carboxylic acids is 2. The second kappa shape index (κ2) is 13.0. The molecule has 2 heterocycles. The van der Waals surface area contributed by atoms with Gasteiger partial charge in [-0.3, -0.25) is 14.6 Å². The van der Waals surface area contributed by atoms with Gasteiger partial charge in [-0.15, -0.1) is 0 Å². The molecule has 2 aromatic carbocycles. The summed E-state index contributed by atoms with van der Waals surface area (Å²) in [6.07, 6.45) is -3.13. The Morgan fingerprint density at radius 1 is 1.05 bits per heavy atom. The number of imidazole rings is 1. The van der Waals surface area contributed by atoms with Crippen molar-refractivity contribution >= 4 is 46.0 Å². The number of amides is 2. The van der Waals surface area contributed by atoms with Crippen LogP contribution in [-0.2, 0) is 37.5 Å². The molecule has 0 saturated carbocycles. The van der Waals surface area contributed by atoms with Crippen molar-refractivity contribution in [2.24, 2.45) is 12.5 Å². The fourth-order valence-corrected chi connectivity index (χ4v) is 5.09. The van der Waals surface area contributed by atoms with E-state index in [1.807, 2.05) is 25.3 Å². The van der Waals surface area contributed by atoms with Crippen molar-refractivity contribution in [1.82, 2.24) is 25.2 Å². The number of carbonyl (C=O) groups is 2. The summed E-state index contributed by atoms with van der Waals surface area (Å²) >= 11 is 13.3. The van der Waals surface area contributed by atoms with Crippen LogP contribution in [0.15, 0.2) is 42.6 Å². The zero-order valence-corrected chi connectivity index (χ0v) is 26.3. The molecule has 0 spiro atoms. The fraction of sp³-hybridized carbons (Fsp3) is 0.355. The van der Waals surface area contributed by atoms with Gasteiger partial charge in [0.1, 0.15) is 11.6 Å². The van der Waals surface area contributed by atoms with Crippen LogP contribution in [0.5, 0.6) is 5.75 Å². The van der Waals surface area contributed by atoms with Crippen molar-refractivity contribution in [3.05, 3.63) is 86.4 Å². The molecular weight excluding hydrogens is 618 g/mol. The minimum absolute atomic E-state index is 0.112. The minimum atomic E-state index is -4.61. The van der Waals surface area contributed by atoms with Crippen molar-refractivity contribution in [3.63, 3.8) is 0 Å². The highest BCUT2D eigenvalue weighted by Crippen LogP contribution is 2.33. The van der Waals surface area contributed by atoms with E-state index in [9.17, 15) is 22.8 Å². The predicted octanol–water partition coefficient (Wildman–Crippen LogP) is 6.88. The summed E-state index contributed by atoms with van der Waals surface area (Å²) in [6, 6.07) is 8.77. The lowest BCUT2D eigenvalue weighted by atomic mass is 9.95. The number of aryl methyl sites for hydroxylation is 1. The van der Waals surface area contributed by atoms with Crippen LogP contribution in [0.3, 0.4) is 0 Å². The Hall–Kier alpha value is -3.83. The molecule has 2 N–H and O–H groups in total. The Kier molecular flexibility index (Phi) is 9.80. The van der Waals surface area contributed by atoms with E-state index in [1.165, 1.54) is 18.3 Å².